The van der Waals surface area contributed by atoms with Crippen LogP contribution < -0.4 is 4.74 Å². The summed E-state index contributed by atoms with van der Waals surface area (Å²) in [5, 5.41) is 2.48. The van der Waals surface area contributed by atoms with Crippen molar-refractivity contribution in [1.29, 1.82) is 0 Å². The van der Waals surface area contributed by atoms with Gasteiger partial charge in [0.25, 0.3) is 0 Å². The van der Waals surface area contributed by atoms with E-state index in [0.29, 0.717) is 0 Å². The molecule has 0 aliphatic heterocycles. The quantitative estimate of drug-likeness (QED) is 0.633. The Morgan fingerprint density at radius 2 is 1.90 bits per heavy atom. The first-order valence-electron chi connectivity index (χ1n) is 6.99. The fourth-order valence-electron chi connectivity index (χ4n) is 2.26. The predicted molar refractivity (Wildman–Crippen MR) is 80.9 cm³/mol. The Morgan fingerprint density at radius 1 is 1.00 bits per heavy atom. The SMILES string of the molecule is c1ccc2cc(OCCCCn3ccnc3)ccc2c1. The molecule has 1 aromatic heterocycles. The lowest BCUT2D eigenvalue weighted by Crippen LogP contribution is -2.00. The second kappa shape index (κ2) is 6.24. The van der Waals surface area contributed by atoms with E-state index < -0.39 is 0 Å². The van der Waals surface area contributed by atoms with E-state index in [1.54, 1.807) is 0 Å². The maximum atomic E-state index is 5.81. The van der Waals surface area contributed by atoms with Crippen LogP contribution >= 0.6 is 0 Å². The van der Waals surface area contributed by atoms with Gasteiger partial charge in [0.1, 0.15) is 5.75 Å². The van der Waals surface area contributed by atoms with E-state index in [0.717, 1.165) is 31.7 Å². The molecule has 0 N–H and O–H groups in total. The van der Waals surface area contributed by atoms with Crippen LogP contribution in [0.1, 0.15) is 12.8 Å². The minimum Gasteiger partial charge on any atom is -0.494 e. The van der Waals surface area contributed by atoms with Crippen molar-refractivity contribution in [2.45, 2.75) is 19.4 Å². The highest BCUT2D eigenvalue weighted by Crippen LogP contribution is 2.20. The van der Waals surface area contributed by atoms with Crippen LogP contribution in [0.2, 0.25) is 0 Å². The third-order valence-electron chi connectivity index (χ3n) is 3.36. The first-order valence-corrected chi connectivity index (χ1v) is 6.99. The Bertz CT molecular complexity index is 662. The molecule has 0 aliphatic carbocycles. The van der Waals surface area contributed by atoms with Crippen LogP contribution in [-0.4, -0.2) is 16.2 Å². The molecule has 0 saturated heterocycles. The van der Waals surface area contributed by atoms with Crippen molar-refractivity contribution < 1.29 is 4.74 Å². The van der Waals surface area contributed by atoms with Gasteiger partial charge < -0.3 is 9.30 Å². The van der Waals surface area contributed by atoms with Crippen molar-refractivity contribution in [2.75, 3.05) is 6.61 Å². The minimum absolute atomic E-state index is 0.757. The van der Waals surface area contributed by atoms with Crippen LogP contribution in [-0.2, 0) is 6.54 Å². The lowest BCUT2D eigenvalue weighted by Gasteiger charge is -2.07. The monoisotopic (exact) mass is 266 g/mol. The van der Waals surface area contributed by atoms with Gasteiger partial charge >= 0.3 is 0 Å². The Labute approximate surface area is 118 Å². The Kier molecular flexibility index (Phi) is 3.97. The van der Waals surface area contributed by atoms with Gasteiger partial charge in [0, 0.05) is 18.9 Å². The fourth-order valence-corrected chi connectivity index (χ4v) is 2.26. The van der Waals surface area contributed by atoms with Gasteiger partial charge in [-0.2, -0.15) is 0 Å². The molecular weight excluding hydrogens is 248 g/mol. The number of rotatable bonds is 6. The van der Waals surface area contributed by atoms with E-state index in [4.69, 9.17) is 4.74 Å². The molecule has 3 heteroatoms. The molecular formula is C17H18N2O. The largest absolute Gasteiger partial charge is 0.494 e. The zero-order valence-corrected chi connectivity index (χ0v) is 11.4. The molecule has 0 radical (unpaired) electrons. The van der Waals surface area contributed by atoms with Gasteiger partial charge in [-0.15, -0.1) is 0 Å². The summed E-state index contributed by atoms with van der Waals surface area (Å²) >= 11 is 0. The average molecular weight is 266 g/mol. The summed E-state index contributed by atoms with van der Waals surface area (Å²) in [6, 6.07) is 14.6. The summed E-state index contributed by atoms with van der Waals surface area (Å²) in [4.78, 5) is 4.03. The number of ether oxygens (including phenoxy) is 1. The molecule has 1 heterocycles. The first kappa shape index (κ1) is 12.7. The van der Waals surface area contributed by atoms with E-state index in [1.165, 1.54) is 10.8 Å². The molecule has 102 valence electrons. The number of imidazole rings is 1. The van der Waals surface area contributed by atoms with Crippen molar-refractivity contribution in [3.63, 3.8) is 0 Å². The Balaban J connectivity index is 1.47. The van der Waals surface area contributed by atoms with Crippen LogP contribution in [0.3, 0.4) is 0 Å². The number of benzene rings is 2. The van der Waals surface area contributed by atoms with Crippen LogP contribution in [0.5, 0.6) is 5.75 Å². The van der Waals surface area contributed by atoms with E-state index in [9.17, 15) is 0 Å². The van der Waals surface area contributed by atoms with E-state index in [2.05, 4.69) is 45.9 Å². The maximum absolute atomic E-state index is 5.81. The van der Waals surface area contributed by atoms with Gasteiger partial charge in [-0.25, -0.2) is 4.98 Å². The normalized spacial score (nSPS) is 10.8. The highest BCUT2D eigenvalue weighted by atomic mass is 16.5. The van der Waals surface area contributed by atoms with E-state index in [-0.39, 0.29) is 0 Å². The number of hydrogen-bond acceptors (Lipinski definition) is 2. The molecule has 0 spiro atoms. The van der Waals surface area contributed by atoms with Crippen molar-refractivity contribution in [3.05, 3.63) is 61.2 Å². The van der Waals surface area contributed by atoms with Gasteiger partial charge in [0.15, 0.2) is 0 Å². The Morgan fingerprint density at radius 3 is 2.75 bits per heavy atom. The number of hydrogen-bond donors (Lipinski definition) is 0. The van der Waals surface area contributed by atoms with E-state index in [1.807, 2.05) is 24.8 Å². The molecule has 2 aromatic carbocycles. The lowest BCUT2D eigenvalue weighted by atomic mass is 10.1. The second-order valence-corrected chi connectivity index (χ2v) is 4.87. The summed E-state index contributed by atoms with van der Waals surface area (Å²) in [6.45, 7) is 1.76. The topological polar surface area (TPSA) is 27.1 Å². The molecule has 3 nitrogen and oxygen atoms in total. The third kappa shape index (κ3) is 3.18. The molecule has 0 aliphatic rings. The number of aromatic nitrogens is 2. The molecule has 0 bridgehead atoms. The van der Waals surface area contributed by atoms with Crippen LogP contribution in [0.25, 0.3) is 10.8 Å². The molecule has 0 fully saturated rings. The predicted octanol–water partition coefficient (Wildman–Crippen LogP) is 3.90. The molecule has 0 unspecified atom stereocenters. The third-order valence-corrected chi connectivity index (χ3v) is 3.36. The number of nitrogens with zero attached hydrogens (tertiary/aromatic N) is 2. The zero-order valence-electron chi connectivity index (χ0n) is 11.4. The summed E-state index contributed by atoms with van der Waals surface area (Å²) in [5.41, 5.74) is 0. The number of unbranched alkanes of at least 4 members (excludes halogenated alkanes) is 1. The molecule has 0 atom stereocenters. The highest BCUT2D eigenvalue weighted by Gasteiger charge is 1.97. The van der Waals surface area contributed by atoms with Crippen molar-refractivity contribution in [2.24, 2.45) is 0 Å². The van der Waals surface area contributed by atoms with Crippen LogP contribution in [0.15, 0.2) is 61.2 Å². The highest BCUT2D eigenvalue weighted by molar-refractivity contribution is 5.83. The summed E-state index contributed by atoms with van der Waals surface area (Å²) in [5.74, 6) is 0.950. The Hall–Kier alpha value is -2.29. The molecule has 3 rings (SSSR count). The zero-order chi connectivity index (χ0) is 13.6. The molecule has 20 heavy (non-hydrogen) atoms. The molecule has 0 amide bonds. The lowest BCUT2D eigenvalue weighted by molar-refractivity contribution is 0.303. The van der Waals surface area contributed by atoms with Crippen molar-refractivity contribution in [3.8, 4) is 5.75 Å². The van der Waals surface area contributed by atoms with Crippen molar-refractivity contribution in [1.82, 2.24) is 9.55 Å². The van der Waals surface area contributed by atoms with Gasteiger partial charge in [-0.1, -0.05) is 30.3 Å². The maximum Gasteiger partial charge on any atom is 0.119 e. The summed E-state index contributed by atoms with van der Waals surface area (Å²) < 4.78 is 7.90. The first-order chi connectivity index (χ1) is 9.92. The second-order valence-electron chi connectivity index (χ2n) is 4.87. The molecule has 0 saturated carbocycles. The van der Waals surface area contributed by atoms with Gasteiger partial charge in [-0.05, 0) is 35.7 Å². The minimum atomic E-state index is 0.757. The van der Waals surface area contributed by atoms with Gasteiger partial charge in [0.2, 0.25) is 0 Å². The van der Waals surface area contributed by atoms with Crippen LogP contribution in [0, 0.1) is 0 Å². The summed E-state index contributed by atoms with van der Waals surface area (Å²) in [7, 11) is 0. The van der Waals surface area contributed by atoms with Gasteiger partial charge in [-0.3, -0.25) is 0 Å². The standard InChI is InChI=1S/C17H18N2O/c1-2-6-16-13-17(8-7-15(16)5-1)20-12-4-3-10-19-11-9-18-14-19/h1-2,5-9,11,13-14H,3-4,10,12H2. The smallest absolute Gasteiger partial charge is 0.119 e. The average Bonchev–Trinajstić information content (AvgIpc) is 3.00. The van der Waals surface area contributed by atoms with E-state index >= 15 is 0 Å². The summed E-state index contributed by atoms with van der Waals surface area (Å²) in [6.07, 6.45) is 7.80. The number of fused-ring (bicyclic) bond motifs is 1. The fraction of sp³-hybridized carbons (Fsp3) is 0.235. The van der Waals surface area contributed by atoms with Crippen LogP contribution in [0.4, 0.5) is 0 Å². The molecule has 3 aromatic rings. The number of aryl methyl sites for hydroxylation is 1. The van der Waals surface area contributed by atoms with Gasteiger partial charge in [0.05, 0.1) is 12.9 Å². The van der Waals surface area contributed by atoms with Crippen molar-refractivity contribution >= 4 is 10.8 Å².